The topological polar surface area (TPSA) is 16.1 Å². The standard InChI is InChI=1S/C17H21BrN2S/c1-12(2)20-7-4-15(5-8-20)21-17-10-13-3-6-19-11-14(13)9-16(17)18/h3,6,9-12,15H,4-5,7-8H2,1-2H3. The summed E-state index contributed by atoms with van der Waals surface area (Å²) >= 11 is 5.75. The van der Waals surface area contributed by atoms with Gasteiger partial charge < -0.3 is 4.90 Å². The van der Waals surface area contributed by atoms with Gasteiger partial charge in [0.05, 0.1) is 0 Å². The minimum Gasteiger partial charge on any atom is -0.301 e. The van der Waals surface area contributed by atoms with Gasteiger partial charge in [0.15, 0.2) is 0 Å². The highest BCUT2D eigenvalue weighted by Gasteiger charge is 2.22. The average molecular weight is 365 g/mol. The zero-order valence-corrected chi connectivity index (χ0v) is 15.0. The molecule has 0 radical (unpaired) electrons. The van der Waals surface area contributed by atoms with E-state index in [1.807, 2.05) is 24.2 Å². The van der Waals surface area contributed by atoms with Crippen molar-refractivity contribution in [2.24, 2.45) is 0 Å². The molecular formula is C17H21BrN2S. The van der Waals surface area contributed by atoms with E-state index in [2.05, 4.69) is 57.9 Å². The van der Waals surface area contributed by atoms with Crippen LogP contribution in [0.1, 0.15) is 26.7 Å². The summed E-state index contributed by atoms with van der Waals surface area (Å²) in [7, 11) is 0. The molecule has 21 heavy (non-hydrogen) atoms. The first-order valence-corrected chi connectivity index (χ1v) is 9.25. The average Bonchev–Trinajstić information content (AvgIpc) is 2.48. The first kappa shape index (κ1) is 15.3. The SMILES string of the molecule is CC(C)N1CCC(Sc2cc3ccncc3cc2Br)CC1. The maximum absolute atomic E-state index is 4.19. The van der Waals surface area contributed by atoms with Gasteiger partial charge in [0, 0.05) is 38.4 Å². The van der Waals surface area contributed by atoms with Crippen LogP contribution >= 0.6 is 27.7 Å². The van der Waals surface area contributed by atoms with Gasteiger partial charge in [-0.3, -0.25) is 4.98 Å². The molecule has 0 bridgehead atoms. The second-order valence-corrected chi connectivity index (χ2v) is 8.15. The number of thioether (sulfide) groups is 1. The zero-order chi connectivity index (χ0) is 14.8. The number of halogens is 1. The minimum absolute atomic E-state index is 0.677. The smallest absolute Gasteiger partial charge is 0.0346 e. The highest BCUT2D eigenvalue weighted by molar-refractivity contribution is 9.10. The van der Waals surface area contributed by atoms with Gasteiger partial charge in [0.1, 0.15) is 0 Å². The molecule has 1 aromatic carbocycles. The van der Waals surface area contributed by atoms with Gasteiger partial charge in [0.2, 0.25) is 0 Å². The van der Waals surface area contributed by atoms with Crippen molar-refractivity contribution < 1.29 is 0 Å². The Balaban J connectivity index is 1.72. The van der Waals surface area contributed by atoms with Crippen LogP contribution in [0.5, 0.6) is 0 Å². The quantitative estimate of drug-likeness (QED) is 0.765. The Hall–Kier alpha value is -0.580. The summed E-state index contributed by atoms with van der Waals surface area (Å²) in [5.74, 6) is 0. The Morgan fingerprint density at radius 1 is 1.24 bits per heavy atom. The summed E-state index contributed by atoms with van der Waals surface area (Å²) in [5, 5.41) is 3.20. The molecule has 2 heterocycles. The van der Waals surface area contributed by atoms with Crippen LogP contribution in [-0.2, 0) is 0 Å². The Bertz CT molecular complexity index is 621. The second-order valence-electron chi connectivity index (χ2n) is 5.95. The molecule has 1 aromatic heterocycles. The molecule has 112 valence electrons. The lowest BCUT2D eigenvalue weighted by atomic mass is 10.1. The minimum atomic E-state index is 0.677. The van der Waals surface area contributed by atoms with Crippen molar-refractivity contribution in [2.75, 3.05) is 13.1 Å². The number of benzene rings is 1. The van der Waals surface area contributed by atoms with E-state index in [1.54, 1.807) is 0 Å². The molecule has 1 fully saturated rings. The van der Waals surface area contributed by atoms with Gasteiger partial charge in [-0.25, -0.2) is 0 Å². The van der Waals surface area contributed by atoms with E-state index in [1.165, 1.54) is 46.1 Å². The van der Waals surface area contributed by atoms with Crippen molar-refractivity contribution in [1.29, 1.82) is 0 Å². The molecular weight excluding hydrogens is 344 g/mol. The Morgan fingerprint density at radius 2 is 2.00 bits per heavy atom. The fourth-order valence-electron chi connectivity index (χ4n) is 2.87. The monoisotopic (exact) mass is 364 g/mol. The van der Waals surface area contributed by atoms with Crippen molar-refractivity contribution in [2.45, 2.75) is 42.9 Å². The largest absolute Gasteiger partial charge is 0.301 e. The third-order valence-corrected chi connectivity index (χ3v) is 6.51. The van der Waals surface area contributed by atoms with Crippen molar-refractivity contribution in [3.63, 3.8) is 0 Å². The molecule has 1 aliphatic heterocycles. The fraction of sp³-hybridized carbons (Fsp3) is 0.471. The Kier molecular flexibility index (Phi) is 4.87. The molecule has 0 amide bonds. The first-order valence-electron chi connectivity index (χ1n) is 7.57. The number of nitrogens with zero attached hydrogens (tertiary/aromatic N) is 2. The number of hydrogen-bond acceptors (Lipinski definition) is 3. The van der Waals surface area contributed by atoms with E-state index in [0.717, 1.165) is 5.25 Å². The maximum atomic E-state index is 4.19. The van der Waals surface area contributed by atoms with Crippen molar-refractivity contribution >= 4 is 38.5 Å². The number of pyridine rings is 1. The Morgan fingerprint density at radius 3 is 2.71 bits per heavy atom. The summed E-state index contributed by atoms with van der Waals surface area (Å²) in [6.45, 7) is 7.04. The molecule has 3 rings (SSSR count). The van der Waals surface area contributed by atoms with Gasteiger partial charge in [-0.1, -0.05) is 0 Å². The molecule has 2 aromatic rings. The Labute approximate surface area is 139 Å². The van der Waals surface area contributed by atoms with Crippen LogP contribution in [-0.4, -0.2) is 34.3 Å². The highest BCUT2D eigenvalue weighted by Crippen LogP contribution is 2.37. The van der Waals surface area contributed by atoms with Crippen LogP contribution in [0.3, 0.4) is 0 Å². The lowest BCUT2D eigenvalue weighted by Gasteiger charge is -2.34. The van der Waals surface area contributed by atoms with Crippen LogP contribution in [0.15, 0.2) is 40.0 Å². The summed E-state index contributed by atoms with van der Waals surface area (Å²) in [5.41, 5.74) is 0. The number of aromatic nitrogens is 1. The molecule has 0 spiro atoms. The maximum Gasteiger partial charge on any atom is 0.0346 e. The number of fused-ring (bicyclic) bond motifs is 1. The molecule has 0 N–H and O–H groups in total. The predicted octanol–water partition coefficient (Wildman–Crippen LogP) is 4.96. The molecule has 0 unspecified atom stereocenters. The fourth-order valence-corrected chi connectivity index (χ4v) is 4.68. The van der Waals surface area contributed by atoms with Crippen LogP contribution in [0.25, 0.3) is 10.8 Å². The molecule has 1 aliphatic rings. The molecule has 0 saturated carbocycles. The molecule has 1 saturated heterocycles. The molecule has 4 heteroatoms. The third kappa shape index (κ3) is 3.61. The van der Waals surface area contributed by atoms with Gasteiger partial charge in [-0.05, 0) is 79.3 Å². The van der Waals surface area contributed by atoms with Crippen LogP contribution in [0.2, 0.25) is 0 Å². The van der Waals surface area contributed by atoms with Crippen molar-refractivity contribution in [1.82, 2.24) is 9.88 Å². The summed E-state index contributed by atoms with van der Waals surface area (Å²) < 4.78 is 1.19. The normalized spacial score (nSPS) is 17.7. The van der Waals surface area contributed by atoms with Gasteiger partial charge in [-0.15, -0.1) is 11.8 Å². The van der Waals surface area contributed by atoms with Gasteiger partial charge >= 0.3 is 0 Å². The van der Waals surface area contributed by atoms with Crippen LogP contribution in [0.4, 0.5) is 0 Å². The zero-order valence-electron chi connectivity index (χ0n) is 12.6. The second kappa shape index (κ2) is 6.67. The van der Waals surface area contributed by atoms with E-state index in [0.29, 0.717) is 6.04 Å². The van der Waals surface area contributed by atoms with E-state index in [4.69, 9.17) is 0 Å². The number of rotatable bonds is 3. The summed E-state index contributed by atoms with van der Waals surface area (Å²) in [4.78, 5) is 8.13. The van der Waals surface area contributed by atoms with Crippen LogP contribution in [0, 0.1) is 0 Å². The summed E-state index contributed by atoms with van der Waals surface area (Å²) in [6.07, 6.45) is 6.36. The third-order valence-electron chi connectivity index (χ3n) is 4.19. The summed E-state index contributed by atoms with van der Waals surface area (Å²) in [6, 6.07) is 7.25. The molecule has 0 aliphatic carbocycles. The van der Waals surface area contributed by atoms with E-state index in [9.17, 15) is 0 Å². The van der Waals surface area contributed by atoms with E-state index < -0.39 is 0 Å². The van der Waals surface area contributed by atoms with Gasteiger partial charge in [-0.2, -0.15) is 0 Å². The number of hydrogen-bond donors (Lipinski definition) is 0. The van der Waals surface area contributed by atoms with Crippen molar-refractivity contribution in [3.05, 3.63) is 35.1 Å². The lowest BCUT2D eigenvalue weighted by molar-refractivity contribution is 0.188. The first-order chi connectivity index (χ1) is 10.1. The number of piperidine rings is 1. The molecule has 2 nitrogen and oxygen atoms in total. The van der Waals surface area contributed by atoms with Crippen LogP contribution < -0.4 is 0 Å². The van der Waals surface area contributed by atoms with E-state index in [-0.39, 0.29) is 0 Å². The van der Waals surface area contributed by atoms with E-state index >= 15 is 0 Å². The van der Waals surface area contributed by atoms with Gasteiger partial charge in [0.25, 0.3) is 0 Å². The molecule has 0 atom stereocenters. The van der Waals surface area contributed by atoms with Crippen molar-refractivity contribution in [3.8, 4) is 0 Å². The predicted molar refractivity (Wildman–Crippen MR) is 95.0 cm³/mol. The highest BCUT2D eigenvalue weighted by atomic mass is 79.9. The lowest BCUT2D eigenvalue weighted by Crippen LogP contribution is -2.39. The number of likely N-dealkylation sites (tertiary alicyclic amines) is 1.